The zero-order chi connectivity index (χ0) is 9.14. The predicted molar refractivity (Wildman–Crippen MR) is 46.4 cm³/mol. The lowest BCUT2D eigenvalue weighted by Crippen LogP contribution is -2.37. The van der Waals surface area contributed by atoms with Crippen LogP contribution in [0.1, 0.15) is 0 Å². The van der Waals surface area contributed by atoms with E-state index in [9.17, 15) is 9.59 Å². The molecule has 0 bridgehead atoms. The lowest BCUT2D eigenvalue weighted by Gasteiger charge is -2.13. The van der Waals surface area contributed by atoms with Crippen LogP contribution < -0.4 is 0 Å². The molecule has 1 aliphatic heterocycles. The molecule has 0 saturated heterocycles. The summed E-state index contributed by atoms with van der Waals surface area (Å²) in [4.78, 5) is 25.5. The summed E-state index contributed by atoms with van der Waals surface area (Å²) < 4.78 is 0. The maximum Gasteiger partial charge on any atom is 0.371 e. The SMILES string of the molecule is O.O.O=C(O)CN1CCN=C1C(=O)O. The highest BCUT2D eigenvalue weighted by molar-refractivity contribution is 6.35. The van der Waals surface area contributed by atoms with Gasteiger partial charge in [-0.1, -0.05) is 0 Å². The van der Waals surface area contributed by atoms with Gasteiger partial charge in [-0.2, -0.15) is 0 Å². The van der Waals surface area contributed by atoms with E-state index in [2.05, 4.69) is 4.99 Å². The van der Waals surface area contributed by atoms with Crippen LogP contribution in [0.15, 0.2) is 4.99 Å². The standard InChI is InChI=1S/C6H8N2O4.2H2O/c9-4(10)3-8-2-1-7-5(8)6(11)12;;/h1-3H2,(H,9,10)(H,11,12);2*1H2. The van der Waals surface area contributed by atoms with Crippen molar-refractivity contribution in [3.05, 3.63) is 0 Å². The highest BCUT2D eigenvalue weighted by Crippen LogP contribution is 2.00. The maximum atomic E-state index is 10.4. The number of hydrogen-bond acceptors (Lipinski definition) is 4. The van der Waals surface area contributed by atoms with Crippen molar-refractivity contribution in [2.75, 3.05) is 19.6 Å². The van der Waals surface area contributed by atoms with Gasteiger partial charge < -0.3 is 26.1 Å². The molecule has 14 heavy (non-hydrogen) atoms. The number of carboxylic acid groups (broad SMARTS) is 2. The number of amidine groups is 1. The molecule has 0 saturated carbocycles. The van der Waals surface area contributed by atoms with Crippen LogP contribution in [0.3, 0.4) is 0 Å². The summed E-state index contributed by atoms with van der Waals surface area (Å²) in [6, 6.07) is 0. The molecule has 1 aliphatic rings. The Balaban J connectivity index is 0. The van der Waals surface area contributed by atoms with Crippen LogP contribution in [0.4, 0.5) is 0 Å². The molecular formula is C6H12N2O6. The lowest BCUT2D eigenvalue weighted by atomic mass is 10.4. The Morgan fingerprint density at radius 1 is 1.36 bits per heavy atom. The van der Waals surface area contributed by atoms with Gasteiger partial charge in [0.25, 0.3) is 0 Å². The molecule has 0 aromatic heterocycles. The second kappa shape index (κ2) is 5.89. The number of aliphatic carboxylic acids is 2. The highest BCUT2D eigenvalue weighted by Gasteiger charge is 2.24. The Bertz CT molecular complexity index is 251. The third-order valence-electron chi connectivity index (χ3n) is 1.45. The van der Waals surface area contributed by atoms with Gasteiger partial charge in [0.2, 0.25) is 5.84 Å². The summed E-state index contributed by atoms with van der Waals surface area (Å²) in [5, 5.41) is 16.9. The van der Waals surface area contributed by atoms with Gasteiger partial charge in [0.05, 0.1) is 6.54 Å². The van der Waals surface area contributed by atoms with Gasteiger partial charge in [-0.15, -0.1) is 0 Å². The summed E-state index contributed by atoms with van der Waals surface area (Å²) >= 11 is 0. The van der Waals surface area contributed by atoms with Crippen LogP contribution in [0.5, 0.6) is 0 Å². The van der Waals surface area contributed by atoms with Crippen LogP contribution in [0.25, 0.3) is 0 Å². The fraction of sp³-hybridized carbons (Fsp3) is 0.500. The molecular weight excluding hydrogens is 196 g/mol. The van der Waals surface area contributed by atoms with Crippen molar-refractivity contribution in [3.8, 4) is 0 Å². The van der Waals surface area contributed by atoms with Gasteiger partial charge >= 0.3 is 11.9 Å². The van der Waals surface area contributed by atoms with E-state index < -0.39 is 11.9 Å². The summed E-state index contributed by atoms with van der Waals surface area (Å²) in [5.74, 6) is -2.38. The number of rotatable bonds is 3. The summed E-state index contributed by atoms with van der Waals surface area (Å²) in [6.45, 7) is 0.425. The van der Waals surface area contributed by atoms with Gasteiger partial charge in [0, 0.05) is 6.54 Å². The zero-order valence-electron chi connectivity index (χ0n) is 7.23. The van der Waals surface area contributed by atoms with E-state index in [1.165, 1.54) is 4.90 Å². The number of hydrogen-bond donors (Lipinski definition) is 2. The average molecular weight is 208 g/mol. The molecule has 0 fully saturated rings. The Hall–Kier alpha value is -1.67. The molecule has 0 aromatic carbocycles. The quantitative estimate of drug-likeness (QED) is 0.513. The molecule has 1 rings (SSSR count). The molecule has 8 nitrogen and oxygen atoms in total. The van der Waals surface area contributed by atoms with Crippen molar-refractivity contribution in [2.24, 2.45) is 4.99 Å². The molecule has 6 N–H and O–H groups in total. The van der Waals surface area contributed by atoms with Crippen molar-refractivity contribution in [3.63, 3.8) is 0 Å². The van der Waals surface area contributed by atoms with E-state index in [1.807, 2.05) is 0 Å². The normalized spacial score (nSPS) is 13.7. The maximum absolute atomic E-state index is 10.4. The first kappa shape index (κ1) is 14.8. The Morgan fingerprint density at radius 2 is 1.93 bits per heavy atom. The third kappa shape index (κ3) is 3.37. The molecule has 0 amide bonds. The summed E-state index contributed by atoms with van der Waals surface area (Å²) in [7, 11) is 0. The van der Waals surface area contributed by atoms with Crippen molar-refractivity contribution in [2.45, 2.75) is 0 Å². The second-order valence-electron chi connectivity index (χ2n) is 2.33. The van der Waals surface area contributed by atoms with Crippen molar-refractivity contribution >= 4 is 17.8 Å². The first-order valence-corrected chi connectivity index (χ1v) is 3.35. The molecule has 82 valence electrons. The van der Waals surface area contributed by atoms with Gasteiger partial charge in [-0.3, -0.25) is 9.79 Å². The van der Waals surface area contributed by atoms with Crippen molar-refractivity contribution < 1.29 is 30.8 Å². The average Bonchev–Trinajstić information content (AvgIpc) is 2.33. The fourth-order valence-corrected chi connectivity index (χ4v) is 1.00. The minimum absolute atomic E-state index is 0. The Kier molecular flexibility index (Phi) is 6.24. The second-order valence-corrected chi connectivity index (χ2v) is 2.33. The van der Waals surface area contributed by atoms with Crippen LogP contribution in [-0.4, -0.2) is 63.5 Å². The summed E-state index contributed by atoms with van der Waals surface area (Å²) in [6.07, 6.45) is 0. The van der Waals surface area contributed by atoms with Crippen LogP contribution in [0.2, 0.25) is 0 Å². The van der Waals surface area contributed by atoms with Gasteiger partial charge in [0.15, 0.2) is 0 Å². The minimum atomic E-state index is -1.17. The molecule has 0 unspecified atom stereocenters. The molecule has 8 heteroatoms. The van der Waals surface area contributed by atoms with Crippen LogP contribution in [-0.2, 0) is 9.59 Å². The van der Waals surface area contributed by atoms with Crippen molar-refractivity contribution in [1.29, 1.82) is 0 Å². The fourth-order valence-electron chi connectivity index (χ4n) is 1.00. The number of carbonyl (C=O) groups is 2. The van der Waals surface area contributed by atoms with E-state index in [-0.39, 0.29) is 23.3 Å². The largest absolute Gasteiger partial charge is 0.480 e. The van der Waals surface area contributed by atoms with E-state index in [4.69, 9.17) is 10.2 Å². The van der Waals surface area contributed by atoms with E-state index in [1.54, 1.807) is 0 Å². The lowest BCUT2D eigenvalue weighted by molar-refractivity contribution is -0.137. The first-order chi connectivity index (χ1) is 5.61. The topological polar surface area (TPSA) is 153 Å². The van der Waals surface area contributed by atoms with E-state index in [0.29, 0.717) is 13.1 Å². The minimum Gasteiger partial charge on any atom is -0.480 e. The van der Waals surface area contributed by atoms with E-state index in [0.717, 1.165) is 0 Å². The molecule has 0 aromatic rings. The van der Waals surface area contributed by atoms with Crippen LogP contribution in [0, 0.1) is 0 Å². The third-order valence-corrected chi connectivity index (χ3v) is 1.45. The van der Waals surface area contributed by atoms with Crippen molar-refractivity contribution in [1.82, 2.24) is 4.90 Å². The Labute approximate surface area is 79.1 Å². The molecule has 0 aliphatic carbocycles. The number of nitrogens with zero attached hydrogens (tertiary/aromatic N) is 2. The van der Waals surface area contributed by atoms with Gasteiger partial charge in [-0.25, -0.2) is 4.79 Å². The number of carboxylic acids is 2. The van der Waals surface area contributed by atoms with Gasteiger partial charge in [-0.05, 0) is 0 Å². The van der Waals surface area contributed by atoms with Crippen LogP contribution >= 0.6 is 0 Å². The zero-order valence-corrected chi connectivity index (χ0v) is 7.23. The monoisotopic (exact) mass is 208 g/mol. The van der Waals surface area contributed by atoms with E-state index >= 15 is 0 Å². The molecule has 0 spiro atoms. The number of aliphatic imine (C=N–C) groups is 1. The Morgan fingerprint density at radius 3 is 2.36 bits per heavy atom. The summed E-state index contributed by atoms with van der Waals surface area (Å²) in [5.41, 5.74) is 0. The predicted octanol–water partition coefficient (Wildman–Crippen LogP) is -2.78. The first-order valence-electron chi connectivity index (χ1n) is 3.35. The highest BCUT2D eigenvalue weighted by atomic mass is 16.4. The molecule has 0 atom stereocenters. The van der Waals surface area contributed by atoms with Gasteiger partial charge in [0.1, 0.15) is 6.54 Å². The molecule has 0 radical (unpaired) electrons. The molecule has 1 heterocycles. The smallest absolute Gasteiger partial charge is 0.371 e.